The third-order valence-corrected chi connectivity index (χ3v) is 4.40. The van der Waals surface area contributed by atoms with Gasteiger partial charge in [-0.1, -0.05) is 26.8 Å². The highest BCUT2D eigenvalue weighted by atomic mass is 28.4. The predicted octanol–water partition coefficient (Wildman–Crippen LogP) is 4.00. The molecule has 0 aromatic carbocycles. The molecular weight excluding hydrogens is 264 g/mol. The molecular formula is C16H30N2OSi. The summed E-state index contributed by atoms with van der Waals surface area (Å²) in [5.74, 6) is 0.545. The minimum Gasteiger partial charge on any atom is -0.416 e. The fourth-order valence-corrected chi connectivity index (χ4v) is 2.71. The van der Waals surface area contributed by atoms with Gasteiger partial charge in [-0.2, -0.15) is 0 Å². The average Bonchev–Trinajstić information content (AvgIpc) is 2.38. The minimum atomic E-state index is -1.46. The molecule has 4 heteroatoms. The summed E-state index contributed by atoms with van der Waals surface area (Å²) in [6, 6.07) is 6.78. The van der Waals surface area contributed by atoms with Crippen LogP contribution in [0.25, 0.3) is 0 Å². The zero-order valence-electron chi connectivity index (χ0n) is 13.8. The van der Waals surface area contributed by atoms with E-state index in [1.807, 2.05) is 12.3 Å². The number of rotatable bonds is 8. The van der Waals surface area contributed by atoms with E-state index in [2.05, 4.69) is 62.8 Å². The Morgan fingerprint density at radius 2 is 1.95 bits per heavy atom. The molecule has 0 aliphatic carbocycles. The quantitative estimate of drug-likeness (QED) is 0.736. The molecule has 20 heavy (non-hydrogen) atoms. The fourth-order valence-electron chi connectivity index (χ4n) is 2.03. The van der Waals surface area contributed by atoms with E-state index in [-0.39, 0.29) is 0 Å². The normalized spacial score (nSPS) is 15.3. The van der Waals surface area contributed by atoms with Crippen molar-refractivity contribution in [2.75, 3.05) is 6.61 Å². The Kier molecular flexibility index (Phi) is 6.86. The van der Waals surface area contributed by atoms with Crippen LogP contribution < -0.4 is 5.32 Å². The Balaban J connectivity index is 2.68. The van der Waals surface area contributed by atoms with Crippen LogP contribution in [0.15, 0.2) is 24.4 Å². The Bertz CT molecular complexity index is 376. The highest BCUT2D eigenvalue weighted by Gasteiger charge is 2.22. The third-order valence-electron chi connectivity index (χ3n) is 3.37. The first-order chi connectivity index (χ1) is 9.33. The molecule has 3 nitrogen and oxygen atoms in total. The average molecular weight is 295 g/mol. The van der Waals surface area contributed by atoms with Crippen LogP contribution in [0.1, 0.15) is 38.9 Å². The van der Waals surface area contributed by atoms with Crippen molar-refractivity contribution < 1.29 is 4.43 Å². The van der Waals surface area contributed by atoms with E-state index in [0.29, 0.717) is 18.0 Å². The highest BCUT2D eigenvalue weighted by Crippen LogP contribution is 2.17. The van der Waals surface area contributed by atoms with E-state index >= 15 is 0 Å². The predicted molar refractivity (Wildman–Crippen MR) is 88.3 cm³/mol. The lowest BCUT2D eigenvalue weighted by atomic mass is 10.0. The van der Waals surface area contributed by atoms with Crippen LogP contribution in [-0.4, -0.2) is 26.0 Å². The first-order valence-electron chi connectivity index (χ1n) is 7.64. The summed E-state index contributed by atoms with van der Waals surface area (Å²) < 4.78 is 6.09. The standard InChI is InChI=1S/C16H30N2OSi/c1-7-14(15-10-8-9-11-17-15)18-16(13(2)3)12-19-20(4,5)6/h8-11,13-14,16,18H,7,12H2,1-6H3/t14-,16+/m0/s1. The zero-order chi connectivity index (χ0) is 15.2. The molecule has 1 N–H and O–H groups in total. The summed E-state index contributed by atoms with van der Waals surface area (Å²) in [7, 11) is -1.46. The second-order valence-corrected chi connectivity index (χ2v) is 11.2. The van der Waals surface area contributed by atoms with Gasteiger partial charge in [0.1, 0.15) is 0 Å². The van der Waals surface area contributed by atoms with Gasteiger partial charge in [0.05, 0.1) is 5.69 Å². The SMILES string of the molecule is CC[C@H](N[C@H](CO[Si](C)(C)C)C(C)C)c1ccccn1. The molecule has 0 aliphatic rings. The Morgan fingerprint density at radius 1 is 1.25 bits per heavy atom. The van der Waals surface area contributed by atoms with Crippen LogP contribution in [0.2, 0.25) is 19.6 Å². The number of pyridine rings is 1. The summed E-state index contributed by atoms with van der Waals surface area (Å²) in [5, 5.41) is 3.73. The lowest BCUT2D eigenvalue weighted by Crippen LogP contribution is -2.43. The Labute approximate surface area is 125 Å². The second kappa shape index (κ2) is 7.91. The van der Waals surface area contributed by atoms with Crippen molar-refractivity contribution in [3.63, 3.8) is 0 Å². The van der Waals surface area contributed by atoms with Gasteiger partial charge in [-0.25, -0.2) is 0 Å². The number of nitrogens with one attached hydrogen (secondary N) is 1. The number of hydrogen-bond acceptors (Lipinski definition) is 3. The van der Waals surface area contributed by atoms with Gasteiger partial charge in [-0.05, 0) is 44.1 Å². The molecule has 0 aliphatic heterocycles. The first-order valence-corrected chi connectivity index (χ1v) is 11.0. The molecule has 0 spiro atoms. The summed E-state index contributed by atoms with van der Waals surface area (Å²) in [5.41, 5.74) is 1.12. The first kappa shape index (κ1) is 17.3. The highest BCUT2D eigenvalue weighted by molar-refractivity contribution is 6.69. The molecule has 0 radical (unpaired) electrons. The van der Waals surface area contributed by atoms with Crippen molar-refractivity contribution in [1.29, 1.82) is 0 Å². The molecule has 1 aromatic rings. The molecule has 0 bridgehead atoms. The van der Waals surface area contributed by atoms with Crippen molar-refractivity contribution >= 4 is 8.32 Å². The van der Waals surface area contributed by atoms with Gasteiger partial charge >= 0.3 is 0 Å². The van der Waals surface area contributed by atoms with Crippen LogP contribution in [-0.2, 0) is 4.43 Å². The lowest BCUT2D eigenvalue weighted by Gasteiger charge is -2.30. The smallest absolute Gasteiger partial charge is 0.183 e. The fraction of sp³-hybridized carbons (Fsp3) is 0.688. The zero-order valence-corrected chi connectivity index (χ0v) is 14.8. The van der Waals surface area contributed by atoms with Gasteiger partial charge in [0.25, 0.3) is 0 Å². The van der Waals surface area contributed by atoms with Gasteiger partial charge in [-0.15, -0.1) is 0 Å². The number of aromatic nitrogens is 1. The van der Waals surface area contributed by atoms with Crippen LogP contribution >= 0.6 is 0 Å². The maximum absolute atomic E-state index is 6.09. The van der Waals surface area contributed by atoms with E-state index in [1.54, 1.807) is 0 Å². The molecule has 0 fully saturated rings. The van der Waals surface area contributed by atoms with Gasteiger partial charge < -0.3 is 9.74 Å². The largest absolute Gasteiger partial charge is 0.416 e. The molecule has 0 saturated heterocycles. The number of hydrogen-bond donors (Lipinski definition) is 1. The summed E-state index contributed by atoms with van der Waals surface area (Å²) in [6.45, 7) is 14.2. The van der Waals surface area contributed by atoms with Gasteiger partial charge in [-0.3, -0.25) is 4.98 Å². The van der Waals surface area contributed by atoms with Crippen molar-refractivity contribution in [2.24, 2.45) is 5.92 Å². The minimum absolute atomic E-state index is 0.300. The van der Waals surface area contributed by atoms with E-state index in [0.717, 1.165) is 18.7 Å². The Morgan fingerprint density at radius 3 is 2.40 bits per heavy atom. The molecule has 0 unspecified atom stereocenters. The molecule has 1 heterocycles. The van der Waals surface area contributed by atoms with Crippen molar-refractivity contribution in [3.8, 4) is 0 Å². The molecule has 1 rings (SSSR count). The van der Waals surface area contributed by atoms with Crippen molar-refractivity contribution in [3.05, 3.63) is 30.1 Å². The van der Waals surface area contributed by atoms with Gasteiger partial charge in [0.15, 0.2) is 8.32 Å². The summed E-state index contributed by atoms with van der Waals surface area (Å²) in [6.07, 6.45) is 2.90. The Hall–Kier alpha value is -0.713. The van der Waals surface area contributed by atoms with Crippen LogP contribution in [0.4, 0.5) is 0 Å². The van der Waals surface area contributed by atoms with Gasteiger partial charge in [0, 0.05) is 24.9 Å². The van der Waals surface area contributed by atoms with Gasteiger partial charge in [0.2, 0.25) is 0 Å². The number of nitrogens with zero attached hydrogens (tertiary/aromatic N) is 1. The molecule has 0 amide bonds. The maximum Gasteiger partial charge on any atom is 0.183 e. The summed E-state index contributed by atoms with van der Waals surface area (Å²) >= 11 is 0. The van der Waals surface area contributed by atoms with E-state index in [1.165, 1.54) is 0 Å². The third kappa shape index (κ3) is 6.16. The molecule has 1 aromatic heterocycles. The van der Waals surface area contributed by atoms with Crippen molar-refractivity contribution in [1.82, 2.24) is 10.3 Å². The molecule has 0 saturated carbocycles. The van der Waals surface area contributed by atoms with E-state index < -0.39 is 8.32 Å². The monoisotopic (exact) mass is 294 g/mol. The second-order valence-electron chi connectivity index (χ2n) is 6.66. The maximum atomic E-state index is 6.09. The molecule has 2 atom stereocenters. The van der Waals surface area contributed by atoms with Crippen LogP contribution in [0, 0.1) is 5.92 Å². The van der Waals surface area contributed by atoms with Crippen molar-refractivity contribution in [2.45, 2.75) is 58.9 Å². The summed E-state index contributed by atoms with van der Waals surface area (Å²) in [4.78, 5) is 4.48. The van der Waals surface area contributed by atoms with E-state index in [9.17, 15) is 0 Å². The van der Waals surface area contributed by atoms with Crippen LogP contribution in [0.5, 0.6) is 0 Å². The molecule has 114 valence electrons. The topological polar surface area (TPSA) is 34.1 Å². The lowest BCUT2D eigenvalue weighted by molar-refractivity contribution is 0.209. The van der Waals surface area contributed by atoms with E-state index in [4.69, 9.17) is 4.43 Å². The van der Waals surface area contributed by atoms with Crippen LogP contribution in [0.3, 0.4) is 0 Å².